The lowest BCUT2D eigenvalue weighted by Gasteiger charge is -2.09. The number of methoxy groups -OCH3 is 1. The van der Waals surface area contributed by atoms with Crippen LogP contribution in [0.1, 0.15) is 34.0 Å². The van der Waals surface area contributed by atoms with Crippen molar-refractivity contribution in [3.63, 3.8) is 0 Å². The number of rotatable bonds is 4. The van der Waals surface area contributed by atoms with Crippen molar-refractivity contribution in [1.29, 1.82) is 0 Å². The summed E-state index contributed by atoms with van der Waals surface area (Å²) in [7, 11) is 1.31. The van der Waals surface area contributed by atoms with Gasteiger partial charge in [0.15, 0.2) is 0 Å². The molecular formula is C19H19NO3. The highest BCUT2D eigenvalue weighted by Crippen LogP contribution is 2.20. The first-order chi connectivity index (χ1) is 11.0. The molecular weight excluding hydrogens is 290 g/mol. The molecule has 1 amide bonds. The molecule has 0 saturated heterocycles. The summed E-state index contributed by atoms with van der Waals surface area (Å²) in [4.78, 5) is 23.1. The fourth-order valence-corrected chi connectivity index (χ4v) is 2.11. The average Bonchev–Trinajstić information content (AvgIpc) is 2.54. The van der Waals surface area contributed by atoms with Crippen molar-refractivity contribution in [3.8, 4) is 0 Å². The quantitative estimate of drug-likeness (QED) is 0.688. The maximum Gasteiger partial charge on any atom is 0.339 e. The third-order valence-electron chi connectivity index (χ3n) is 3.31. The maximum atomic E-state index is 11.9. The molecule has 23 heavy (non-hydrogen) atoms. The van der Waals surface area contributed by atoms with Crippen LogP contribution >= 0.6 is 0 Å². The molecule has 0 aromatic heterocycles. The lowest BCUT2D eigenvalue weighted by atomic mass is 10.1. The second-order valence-electron chi connectivity index (χ2n) is 5.22. The number of benzene rings is 2. The van der Waals surface area contributed by atoms with E-state index in [1.54, 1.807) is 12.1 Å². The van der Waals surface area contributed by atoms with Gasteiger partial charge in [0.1, 0.15) is 0 Å². The molecule has 2 aromatic rings. The molecule has 0 aliphatic heterocycles. The van der Waals surface area contributed by atoms with Gasteiger partial charge in [-0.1, -0.05) is 48.0 Å². The van der Waals surface area contributed by atoms with E-state index in [9.17, 15) is 9.59 Å². The van der Waals surface area contributed by atoms with Crippen LogP contribution in [0.15, 0.2) is 42.5 Å². The molecule has 118 valence electrons. The lowest BCUT2D eigenvalue weighted by Crippen LogP contribution is -2.12. The maximum absolute atomic E-state index is 11.9. The summed E-state index contributed by atoms with van der Waals surface area (Å²) in [5.41, 5.74) is 3.89. The van der Waals surface area contributed by atoms with Crippen LogP contribution in [-0.2, 0) is 9.53 Å². The van der Waals surface area contributed by atoms with Crippen LogP contribution in [0.25, 0.3) is 12.2 Å². The van der Waals surface area contributed by atoms with Gasteiger partial charge >= 0.3 is 5.97 Å². The molecule has 0 saturated carbocycles. The van der Waals surface area contributed by atoms with Gasteiger partial charge < -0.3 is 10.1 Å². The van der Waals surface area contributed by atoms with Gasteiger partial charge in [0.25, 0.3) is 0 Å². The summed E-state index contributed by atoms with van der Waals surface area (Å²) in [5, 5.41) is 2.63. The Morgan fingerprint density at radius 3 is 2.22 bits per heavy atom. The second kappa shape index (κ2) is 7.40. The van der Waals surface area contributed by atoms with Gasteiger partial charge in [-0.2, -0.15) is 0 Å². The number of carbonyl (C=O) groups is 2. The zero-order valence-electron chi connectivity index (χ0n) is 13.4. The smallest absolute Gasteiger partial charge is 0.339 e. The Morgan fingerprint density at radius 2 is 1.61 bits per heavy atom. The van der Waals surface area contributed by atoms with Gasteiger partial charge in [-0.15, -0.1) is 0 Å². The number of anilines is 1. The Labute approximate surface area is 135 Å². The van der Waals surface area contributed by atoms with Gasteiger partial charge in [-0.25, -0.2) is 4.79 Å². The molecule has 0 spiro atoms. The third-order valence-corrected chi connectivity index (χ3v) is 3.31. The van der Waals surface area contributed by atoms with Crippen LogP contribution in [0.3, 0.4) is 0 Å². The molecule has 0 aliphatic carbocycles. The molecule has 2 rings (SSSR count). The number of carbonyl (C=O) groups excluding carboxylic acids is 2. The van der Waals surface area contributed by atoms with Crippen LogP contribution in [0.4, 0.5) is 5.69 Å². The van der Waals surface area contributed by atoms with Crippen LogP contribution in [0.2, 0.25) is 0 Å². The van der Waals surface area contributed by atoms with Crippen molar-refractivity contribution in [3.05, 3.63) is 64.7 Å². The van der Waals surface area contributed by atoms with Gasteiger partial charge in [-0.05, 0) is 30.2 Å². The normalized spacial score (nSPS) is 10.6. The van der Waals surface area contributed by atoms with E-state index >= 15 is 0 Å². The Hall–Kier alpha value is -2.88. The predicted octanol–water partition coefficient (Wildman–Crippen LogP) is 3.91. The van der Waals surface area contributed by atoms with E-state index in [1.807, 2.05) is 49.4 Å². The Morgan fingerprint density at radius 1 is 1.00 bits per heavy atom. The summed E-state index contributed by atoms with van der Waals surface area (Å²) < 4.78 is 4.78. The molecule has 0 aliphatic rings. The first-order valence-electron chi connectivity index (χ1n) is 7.24. The highest BCUT2D eigenvalue weighted by molar-refractivity contribution is 6.01. The summed E-state index contributed by atoms with van der Waals surface area (Å²) in [6.45, 7) is 3.43. The van der Waals surface area contributed by atoms with Crippen molar-refractivity contribution in [2.45, 2.75) is 13.8 Å². The summed E-state index contributed by atoms with van der Waals surface area (Å²) in [6.07, 6.45) is 3.88. The van der Waals surface area contributed by atoms with E-state index in [-0.39, 0.29) is 5.91 Å². The van der Waals surface area contributed by atoms with E-state index in [0.717, 1.165) is 11.1 Å². The second-order valence-corrected chi connectivity index (χ2v) is 5.22. The lowest BCUT2D eigenvalue weighted by molar-refractivity contribution is -0.114. The molecule has 4 nitrogen and oxygen atoms in total. The van der Waals surface area contributed by atoms with E-state index < -0.39 is 5.97 Å². The molecule has 2 aromatic carbocycles. The fourth-order valence-electron chi connectivity index (χ4n) is 2.11. The number of ether oxygens (including phenoxy) is 1. The minimum Gasteiger partial charge on any atom is -0.465 e. The predicted molar refractivity (Wildman–Crippen MR) is 92.2 cm³/mol. The zero-order chi connectivity index (χ0) is 16.8. The van der Waals surface area contributed by atoms with Crippen LogP contribution in [-0.4, -0.2) is 19.0 Å². The number of amides is 1. The largest absolute Gasteiger partial charge is 0.465 e. The summed E-state index contributed by atoms with van der Waals surface area (Å²) in [6, 6.07) is 13.4. The number of hydrogen-bond donors (Lipinski definition) is 1. The minimum atomic E-state index is -0.487. The van der Waals surface area contributed by atoms with E-state index in [0.29, 0.717) is 11.3 Å². The Kier molecular flexibility index (Phi) is 5.31. The monoisotopic (exact) mass is 309 g/mol. The molecule has 0 bridgehead atoms. The number of aryl methyl sites for hydroxylation is 1. The van der Waals surface area contributed by atoms with Crippen molar-refractivity contribution in [1.82, 2.24) is 0 Å². The van der Waals surface area contributed by atoms with Gasteiger partial charge in [0, 0.05) is 6.92 Å². The standard InChI is InChI=1S/C19H19NO3/c1-13-4-6-15(7-5-13)8-9-16-10-11-18(20-14(2)21)17(12-16)19(22)23-3/h4-12H,1-3H3,(H,20,21)/b9-8+. The van der Waals surface area contributed by atoms with Crippen molar-refractivity contribution < 1.29 is 14.3 Å². The van der Waals surface area contributed by atoms with E-state index in [1.165, 1.54) is 19.6 Å². The van der Waals surface area contributed by atoms with E-state index in [2.05, 4.69) is 5.32 Å². The molecule has 0 radical (unpaired) electrons. The van der Waals surface area contributed by atoms with Crippen LogP contribution in [0.5, 0.6) is 0 Å². The molecule has 0 heterocycles. The fraction of sp³-hybridized carbons (Fsp3) is 0.158. The van der Waals surface area contributed by atoms with Crippen molar-refractivity contribution >= 4 is 29.7 Å². The number of hydrogen-bond acceptors (Lipinski definition) is 3. The van der Waals surface area contributed by atoms with Crippen LogP contribution < -0.4 is 5.32 Å². The Bertz CT molecular complexity index is 746. The minimum absolute atomic E-state index is 0.238. The molecule has 4 heteroatoms. The van der Waals surface area contributed by atoms with Crippen LogP contribution in [0, 0.1) is 6.92 Å². The van der Waals surface area contributed by atoms with E-state index in [4.69, 9.17) is 4.74 Å². The first kappa shape index (κ1) is 16.5. The van der Waals surface area contributed by atoms with Crippen molar-refractivity contribution in [2.24, 2.45) is 0 Å². The SMILES string of the molecule is COC(=O)c1cc(/C=C/c2ccc(C)cc2)ccc1NC(C)=O. The molecule has 1 N–H and O–H groups in total. The number of nitrogens with one attached hydrogen (secondary N) is 1. The summed E-state index contributed by atoms with van der Waals surface area (Å²) >= 11 is 0. The van der Waals surface area contributed by atoms with Gasteiger partial charge in [0.05, 0.1) is 18.4 Å². The third kappa shape index (κ3) is 4.54. The van der Waals surface area contributed by atoms with Crippen molar-refractivity contribution in [2.75, 3.05) is 12.4 Å². The van der Waals surface area contributed by atoms with Gasteiger partial charge in [0.2, 0.25) is 5.91 Å². The molecule has 0 atom stereocenters. The zero-order valence-corrected chi connectivity index (χ0v) is 13.4. The van der Waals surface area contributed by atoms with Gasteiger partial charge in [-0.3, -0.25) is 4.79 Å². The first-order valence-corrected chi connectivity index (χ1v) is 7.24. The highest BCUT2D eigenvalue weighted by atomic mass is 16.5. The molecule has 0 unspecified atom stereocenters. The average molecular weight is 309 g/mol. The topological polar surface area (TPSA) is 55.4 Å². The summed E-state index contributed by atoms with van der Waals surface area (Å²) in [5.74, 6) is -0.725. The molecule has 0 fully saturated rings. The Balaban J connectivity index is 2.30. The number of esters is 1. The highest BCUT2D eigenvalue weighted by Gasteiger charge is 2.13.